The largest absolute Gasteiger partial charge is 0.454 e. The molecule has 2 aromatic heterocycles. The van der Waals surface area contributed by atoms with Crippen molar-refractivity contribution in [1.29, 1.82) is 0 Å². The maximum Gasteiger partial charge on any atom is 0.252 e. The Bertz CT molecular complexity index is 4200. The van der Waals surface area contributed by atoms with E-state index in [1.165, 1.54) is 123 Å². The van der Waals surface area contributed by atoms with Gasteiger partial charge in [-0.05, 0) is 177 Å². The van der Waals surface area contributed by atoms with Crippen molar-refractivity contribution in [3.8, 4) is 0 Å². The maximum atomic E-state index is 7.23. The van der Waals surface area contributed by atoms with Crippen molar-refractivity contribution in [2.75, 3.05) is 14.7 Å². The highest BCUT2D eigenvalue weighted by Gasteiger charge is 2.59. The smallest absolute Gasteiger partial charge is 0.252 e. The fraction of sp³-hybridized carbons (Fsp3) is 0.368. The van der Waals surface area contributed by atoms with Crippen LogP contribution in [0.15, 0.2) is 144 Å². The molecule has 0 bridgehead atoms. The number of benzene rings is 8. The van der Waals surface area contributed by atoms with Gasteiger partial charge in [-0.25, -0.2) is 0 Å². The van der Waals surface area contributed by atoms with Crippen molar-refractivity contribution in [2.24, 2.45) is 0 Å². The summed E-state index contributed by atoms with van der Waals surface area (Å²) >= 11 is 1.95. The summed E-state index contributed by atoms with van der Waals surface area (Å²) in [4.78, 5) is 8.34. The molecule has 8 aromatic carbocycles. The molecule has 16 rings (SSSR count). The standard InChI is InChI=1S/C76H78BN3OS/c1-70(2,3)45-30-31-58-55(38-45)75(12)32-18-19-33-76(75,13)80(58)46-39-63-67-64(40-46)79(60-27-21-25-50-48-23-15-17-29-66(48)82-69(50)60)62-44-54-52(72(6,7)35-37-74(54,10)11)42-57(62)77(67)56-41-51-53(73(8,9)36-34-71(51,4)5)43-61(56)78(63)59-26-20-24-49-47-22-14-16-28-65(47)81-68(49)59/h14-17,20-31,38-44H,18-19,32-37H2,1-13H3. The van der Waals surface area contributed by atoms with Crippen molar-refractivity contribution in [2.45, 2.75) is 179 Å². The first-order valence-electron chi connectivity index (χ1n) is 30.9. The van der Waals surface area contributed by atoms with Crippen LogP contribution in [0.25, 0.3) is 42.1 Å². The van der Waals surface area contributed by atoms with E-state index in [1.54, 1.807) is 0 Å². The lowest BCUT2D eigenvalue weighted by atomic mass is 9.32. The predicted octanol–water partition coefficient (Wildman–Crippen LogP) is 19.8. The molecule has 412 valence electrons. The molecule has 82 heavy (non-hydrogen) atoms. The first kappa shape index (κ1) is 50.9. The lowest BCUT2D eigenvalue weighted by Crippen LogP contribution is -2.62. The Labute approximate surface area is 490 Å². The van der Waals surface area contributed by atoms with Crippen molar-refractivity contribution in [3.63, 3.8) is 0 Å². The topological polar surface area (TPSA) is 22.9 Å². The number of rotatable bonds is 3. The van der Waals surface area contributed by atoms with E-state index >= 15 is 0 Å². The molecule has 1 fully saturated rings. The summed E-state index contributed by atoms with van der Waals surface area (Å²) in [5.74, 6) is 0. The Kier molecular flexibility index (Phi) is 10.3. The van der Waals surface area contributed by atoms with Gasteiger partial charge in [0.05, 0.1) is 21.6 Å². The zero-order chi connectivity index (χ0) is 56.6. The second-order valence-electron chi connectivity index (χ2n) is 30.1. The summed E-state index contributed by atoms with van der Waals surface area (Å²) in [5.41, 5.74) is 24.7. The van der Waals surface area contributed by atoms with E-state index in [0.717, 1.165) is 66.2 Å². The Hall–Kier alpha value is -6.76. The van der Waals surface area contributed by atoms with Crippen LogP contribution in [0, 0.1) is 0 Å². The third-order valence-corrected chi connectivity index (χ3v) is 23.7. The Morgan fingerprint density at radius 2 is 0.988 bits per heavy atom. The SMILES string of the molecule is CC(C)(C)c1ccc2c(c1)C1(C)CCCCC1(C)N2c1cc2c3c(c1)N(c1cccc4c1sc1ccccc14)c1cc4c(cc1B3c1cc3c(cc1N2c1cccc2c1oc1ccccc12)C(C)(C)CCC3(C)C)C(C)(C)CCC4(C)C. The summed E-state index contributed by atoms with van der Waals surface area (Å²) in [7, 11) is 0. The molecule has 5 heterocycles. The zero-order valence-electron chi connectivity index (χ0n) is 50.7. The first-order valence-corrected chi connectivity index (χ1v) is 31.7. The van der Waals surface area contributed by atoms with E-state index in [4.69, 9.17) is 4.42 Å². The summed E-state index contributed by atoms with van der Waals surface area (Å²) in [6.45, 7) is 32.4. The molecule has 2 atom stereocenters. The number of anilines is 8. The number of fused-ring (bicyclic) bond motifs is 15. The lowest BCUT2D eigenvalue weighted by Gasteiger charge is -2.51. The van der Waals surface area contributed by atoms with E-state index in [0.29, 0.717) is 0 Å². The molecule has 3 aliphatic heterocycles. The van der Waals surface area contributed by atoms with Crippen molar-refractivity contribution in [1.82, 2.24) is 0 Å². The van der Waals surface area contributed by atoms with Crippen molar-refractivity contribution >= 4 is 122 Å². The fourth-order valence-corrected chi connectivity index (χ4v) is 18.4. The summed E-state index contributed by atoms with van der Waals surface area (Å²) in [6, 6.07) is 55.5. The van der Waals surface area contributed by atoms with Crippen LogP contribution in [0.1, 0.15) is 175 Å². The zero-order valence-corrected chi connectivity index (χ0v) is 51.5. The monoisotopic (exact) mass is 1090 g/mol. The lowest BCUT2D eigenvalue weighted by molar-refractivity contribution is 0.195. The first-order chi connectivity index (χ1) is 39.0. The molecule has 10 aromatic rings. The van der Waals surface area contributed by atoms with Crippen LogP contribution < -0.4 is 31.1 Å². The van der Waals surface area contributed by atoms with E-state index in [1.807, 2.05) is 11.3 Å². The molecule has 1 saturated carbocycles. The number of hydrogen-bond donors (Lipinski definition) is 0. The molecule has 0 saturated heterocycles. The van der Waals surface area contributed by atoms with Gasteiger partial charge in [-0.15, -0.1) is 11.3 Å². The third-order valence-electron chi connectivity index (χ3n) is 22.5. The number of para-hydroxylation sites is 2. The Morgan fingerprint density at radius 1 is 0.451 bits per heavy atom. The molecule has 0 N–H and O–H groups in total. The van der Waals surface area contributed by atoms with Gasteiger partial charge in [0.15, 0.2) is 5.58 Å². The van der Waals surface area contributed by atoms with Crippen LogP contribution in [0.3, 0.4) is 0 Å². The number of thiophene rings is 1. The Balaban J connectivity index is 1.10. The van der Waals surface area contributed by atoms with Crippen molar-refractivity contribution in [3.05, 3.63) is 173 Å². The van der Waals surface area contributed by atoms with Gasteiger partial charge in [0, 0.05) is 65.8 Å². The molecule has 4 nitrogen and oxygen atoms in total. The molecule has 0 amide bonds. The Morgan fingerprint density at radius 3 is 1.62 bits per heavy atom. The summed E-state index contributed by atoms with van der Waals surface area (Å²) in [6.07, 6.45) is 9.31. The molecule has 0 radical (unpaired) electrons. The highest BCUT2D eigenvalue weighted by atomic mass is 32.1. The minimum Gasteiger partial charge on any atom is -0.454 e. The second-order valence-corrected chi connectivity index (χ2v) is 31.1. The number of furan rings is 1. The van der Waals surface area contributed by atoms with Crippen LogP contribution >= 0.6 is 11.3 Å². The van der Waals surface area contributed by atoms with Gasteiger partial charge < -0.3 is 19.1 Å². The van der Waals surface area contributed by atoms with Crippen LogP contribution in [0.4, 0.5) is 45.5 Å². The minimum atomic E-state index is -0.188. The molecular weight excluding hydrogens is 1010 g/mol. The van der Waals surface area contributed by atoms with E-state index in [2.05, 4.69) is 244 Å². The third kappa shape index (κ3) is 6.74. The van der Waals surface area contributed by atoms with Crippen LogP contribution in [-0.2, 0) is 32.5 Å². The van der Waals surface area contributed by atoms with E-state index < -0.39 is 0 Å². The second kappa shape index (κ2) is 16.5. The average molecular weight is 1090 g/mol. The van der Waals surface area contributed by atoms with Gasteiger partial charge in [0.1, 0.15) is 5.58 Å². The highest BCUT2D eigenvalue weighted by Crippen LogP contribution is 2.63. The normalized spacial score (nSPS) is 22.5. The van der Waals surface area contributed by atoms with Gasteiger partial charge in [-0.2, -0.15) is 0 Å². The summed E-state index contributed by atoms with van der Waals surface area (Å²) < 4.78 is 9.89. The quantitative estimate of drug-likeness (QED) is 0.165. The molecular formula is C76H78BN3OS. The fourth-order valence-electron chi connectivity index (χ4n) is 17.2. The number of nitrogens with zero attached hydrogens (tertiary/aromatic N) is 3. The minimum absolute atomic E-state index is 0.00324. The van der Waals surface area contributed by atoms with Gasteiger partial charge in [0.25, 0.3) is 6.71 Å². The molecule has 6 aliphatic rings. The molecule has 6 heteroatoms. The average Bonchev–Trinajstić information content (AvgIpc) is 2.95. The number of hydrogen-bond acceptors (Lipinski definition) is 5. The van der Waals surface area contributed by atoms with Gasteiger partial charge >= 0.3 is 0 Å². The van der Waals surface area contributed by atoms with Gasteiger partial charge in [-0.3, -0.25) is 0 Å². The molecule has 0 spiro atoms. The van der Waals surface area contributed by atoms with Gasteiger partial charge in [0.2, 0.25) is 0 Å². The summed E-state index contributed by atoms with van der Waals surface area (Å²) in [5, 5.41) is 4.94. The van der Waals surface area contributed by atoms with Crippen LogP contribution in [0.2, 0.25) is 0 Å². The van der Waals surface area contributed by atoms with Crippen molar-refractivity contribution < 1.29 is 4.42 Å². The van der Waals surface area contributed by atoms with Gasteiger partial charge in [-0.1, -0.05) is 181 Å². The van der Waals surface area contributed by atoms with E-state index in [-0.39, 0.29) is 44.7 Å². The molecule has 3 aliphatic carbocycles. The van der Waals surface area contributed by atoms with E-state index in [9.17, 15) is 0 Å². The maximum absolute atomic E-state index is 7.23. The highest BCUT2D eigenvalue weighted by molar-refractivity contribution is 7.26. The molecule has 2 unspecified atom stereocenters. The van der Waals surface area contributed by atoms with Crippen LogP contribution in [0.5, 0.6) is 0 Å². The van der Waals surface area contributed by atoms with Crippen LogP contribution in [-0.4, -0.2) is 12.3 Å². The predicted molar refractivity (Wildman–Crippen MR) is 353 cm³/mol.